The zero-order valence-electron chi connectivity index (χ0n) is 23.1. The van der Waals surface area contributed by atoms with Gasteiger partial charge in [0.15, 0.2) is 0 Å². The maximum atomic E-state index is 13.7. The molecule has 202 valence electrons. The van der Waals surface area contributed by atoms with E-state index in [1.807, 2.05) is 0 Å². The summed E-state index contributed by atoms with van der Waals surface area (Å²) in [6.45, 7) is 2.35. The second-order valence-corrected chi connectivity index (χ2v) is 10.5. The summed E-state index contributed by atoms with van der Waals surface area (Å²) in [5.41, 5.74) is 5.68. The predicted molar refractivity (Wildman–Crippen MR) is 142 cm³/mol. The van der Waals surface area contributed by atoms with Crippen LogP contribution < -0.4 is 85.9 Å². The topological polar surface area (TPSA) is 205 Å². The van der Waals surface area contributed by atoms with Crippen LogP contribution in [0.4, 0.5) is 5.82 Å². The van der Waals surface area contributed by atoms with E-state index in [4.69, 9.17) is 5.73 Å². The van der Waals surface area contributed by atoms with Crippen molar-refractivity contribution in [2.45, 2.75) is 26.0 Å². The Bertz CT molecular complexity index is 2000. The van der Waals surface area contributed by atoms with Gasteiger partial charge < -0.3 is 24.6 Å². The minimum absolute atomic E-state index is 0. The molecule has 13 nitrogen and oxygen atoms in total. The second-order valence-electron chi connectivity index (χ2n) is 9.40. The normalized spacial score (nSPS) is 11.5. The van der Waals surface area contributed by atoms with Crippen molar-refractivity contribution in [2.24, 2.45) is 0 Å². The third-order valence-electron chi connectivity index (χ3n) is 6.36. The van der Waals surface area contributed by atoms with Crippen LogP contribution in [0, 0.1) is 11.3 Å². The Morgan fingerprint density at radius 3 is 2.31 bits per heavy atom. The number of benzene rings is 1. The van der Waals surface area contributed by atoms with Gasteiger partial charge in [-0.15, -0.1) is 0 Å². The molecule has 5 rings (SSSR count). The molecule has 42 heavy (non-hydrogen) atoms. The summed E-state index contributed by atoms with van der Waals surface area (Å²) < 4.78 is 17.1. The number of hydrogen-bond donors (Lipinski definition) is 1. The summed E-state index contributed by atoms with van der Waals surface area (Å²) >= 11 is 0. The molecule has 0 saturated carbocycles. The van der Waals surface area contributed by atoms with Gasteiger partial charge in [0.05, 0.1) is 47.1 Å². The summed E-state index contributed by atoms with van der Waals surface area (Å²) in [4.78, 5) is 62.4. The molecular weight excluding hydrogens is 583 g/mol. The number of pyridine rings is 3. The third kappa shape index (κ3) is 6.59. The van der Waals surface area contributed by atoms with E-state index >= 15 is 0 Å². The molecule has 0 unspecified atom stereocenters. The van der Waals surface area contributed by atoms with Crippen molar-refractivity contribution in [3.05, 3.63) is 87.3 Å². The van der Waals surface area contributed by atoms with Crippen LogP contribution >= 0.6 is 7.82 Å². The summed E-state index contributed by atoms with van der Waals surface area (Å²) in [5, 5.41) is 9.43. The van der Waals surface area contributed by atoms with E-state index in [0.29, 0.717) is 32.7 Å². The van der Waals surface area contributed by atoms with Crippen molar-refractivity contribution in [1.29, 1.82) is 5.26 Å². The Balaban J connectivity index is 0.00000242. The number of nitrogens with two attached hydrogens (primary N) is 1. The first-order valence-electron chi connectivity index (χ1n) is 11.8. The first-order chi connectivity index (χ1) is 18.9. The Hall–Kier alpha value is -2.73. The van der Waals surface area contributed by atoms with Crippen LogP contribution in [-0.4, -0.2) is 24.1 Å². The van der Waals surface area contributed by atoms with Gasteiger partial charge in [-0.2, -0.15) is 5.26 Å². The fraction of sp³-hybridized carbons (Fsp3) is 0.154. The van der Waals surface area contributed by atoms with Gasteiger partial charge in [-0.1, -0.05) is 12.1 Å². The maximum absolute atomic E-state index is 13.7. The van der Waals surface area contributed by atoms with Crippen LogP contribution in [0.25, 0.3) is 38.9 Å². The number of phosphoric acid groups is 1. The number of phosphoric ester groups is 1. The Kier molecular flexibility index (Phi) is 10.3. The Morgan fingerprint density at radius 2 is 1.71 bits per heavy atom. The van der Waals surface area contributed by atoms with Gasteiger partial charge in [0, 0.05) is 18.0 Å². The zero-order valence-corrected chi connectivity index (χ0v) is 28.0. The standard InChI is InChI=1S/C26H22N7O6P.2Na/c1-26(2,13-27)16-4-6-17(7-5-16)33-23-18(24(34)32(25(33)35)14-39-40(36,37)38)12-29-20-9-8-19(31-22(20)23)15-3-10-21(28)30-11-15;;/h3-12H,14H2,1-2H3,(H2,28,30)(H2,36,37,38);;/q;2*+1/p-2. The largest absolute Gasteiger partial charge is 1.00 e. The number of nitrogen functional groups attached to an aromatic ring is 1. The van der Waals surface area contributed by atoms with E-state index < -0.39 is 31.2 Å². The molecule has 4 heterocycles. The first kappa shape index (κ1) is 33.8. The van der Waals surface area contributed by atoms with E-state index in [9.17, 15) is 29.2 Å². The molecule has 0 aliphatic rings. The van der Waals surface area contributed by atoms with Gasteiger partial charge >= 0.3 is 64.8 Å². The quantitative estimate of drug-likeness (QED) is 0.111. The van der Waals surface area contributed by atoms with Gasteiger partial charge in [-0.25, -0.2) is 19.3 Å². The van der Waals surface area contributed by atoms with Crippen LogP contribution in [0.5, 0.6) is 0 Å². The monoisotopic (exact) mass is 603 g/mol. The summed E-state index contributed by atoms with van der Waals surface area (Å²) in [6.07, 6.45) is 2.76. The number of anilines is 1. The van der Waals surface area contributed by atoms with Crippen molar-refractivity contribution < 1.29 is 78.0 Å². The molecule has 0 radical (unpaired) electrons. The zero-order chi connectivity index (χ0) is 28.8. The minimum Gasteiger partial charge on any atom is -0.790 e. The van der Waals surface area contributed by atoms with E-state index in [1.54, 1.807) is 62.4 Å². The average molecular weight is 603 g/mol. The number of hydrogen-bond acceptors (Lipinski definition) is 11. The number of aromatic nitrogens is 5. The van der Waals surface area contributed by atoms with Crippen LogP contribution in [0.3, 0.4) is 0 Å². The van der Waals surface area contributed by atoms with Crippen molar-refractivity contribution in [2.75, 3.05) is 5.73 Å². The number of rotatable bonds is 6. The van der Waals surface area contributed by atoms with Crippen LogP contribution in [0.1, 0.15) is 19.4 Å². The van der Waals surface area contributed by atoms with Crippen LogP contribution in [0.2, 0.25) is 0 Å². The number of nitriles is 1. The molecule has 4 aromatic heterocycles. The summed E-state index contributed by atoms with van der Waals surface area (Å²) in [6, 6.07) is 15.4. The fourth-order valence-electron chi connectivity index (χ4n) is 4.18. The van der Waals surface area contributed by atoms with Gasteiger partial charge in [-0.05, 0) is 55.8 Å². The van der Waals surface area contributed by atoms with Crippen LogP contribution in [-0.2, 0) is 21.2 Å². The second kappa shape index (κ2) is 12.9. The molecule has 0 saturated heterocycles. The molecule has 16 heteroatoms. The van der Waals surface area contributed by atoms with Crippen molar-refractivity contribution in [3.63, 3.8) is 0 Å². The first-order valence-corrected chi connectivity index (χ1v) is 13.2. The fourth-order valence-corrected chi connectivity index (χ4v) is 4.43. The van der Waals surface area contributed by atoms with Gasteiger partial charge in [0.2, 0.25) is 0 Å². The molecule has 0 aliphatic heterocycles. The van der Waals surface area contributed by atoms with Crippen molar-refractivity contribution in [3.8, 4) is 23.0 Å². The smallest absolute Gasteiger partial charge is 0.790 e. The molecule has 0 aliphatic carbocycles. The molecule has 0 amide bonds. The van der Waals surface area contributed by atoms with E-state index in [-0.39, 0.29) is 81.2 Å². The van der Waals surface area contributed by atoms with Gasteiger partial charge in [-0.3, -0.25) is 14.3 Å². The molecule has 0 fully saturated rings. The van der Waals surface area contributed by atoms with E-state index in [2.05, 4.69) is 25.5 Å². The summed E-state index contributed by atoms with van der Waals surface area (Å²) in [7, 11) is -5.51. The summed E-state index contributed by atoms with van der Waals surface area (Å²) in [5.74, 6) is 0.317. The van der Waals surface area contributed by atoms with Gasteiger partial charge in [0.1, 0.15) is 18.1 Å². The third-order valence-corrected chi connectivity index (χ3v) is 6.79. The molecular formula is C26H20N7Na2O6P. The number of nitrogens with zero attached hydrogens (tertiary/aromatic N) is 6. The molecule has 0 spiro atoms. The maximum Gasteiger partial charge on any atom is 1.00 e. The SMILES string of the molecule is CC(C)(C#N)c1ccc(-n2c(=O)n(COP(=O)([O-])[O-])c(=O)c3cnc4ccc(-c5ccc(N)nc5)nc4c32)cc1.[Na+].[Na+]. The van der Waals surface area contributed by atoms with Crippen molar-refractivity contribution >= 4 is 35.6 Å². The van der Waals surface area contributed by atoms with E-state index in [1.165, 1.54) is 12.4 Å². The Labute approximate surface area is 282 Å². The van der Waals surface area contributed by atoms with Crippen molar-refractivity contribution in [1.82, 2.24) is 24.1 Å². The molecule has 1 aromatic carbocycles. The van der Waals surface area contributed by atoms with E-state index in [0.717, 1.165) is 4.57 Å². The van der Waals surface area contributed by atoms with Gasteiger partial charge in [0.25, 0.3) is 5.56 Å². The Morgan fingerprint density at radius 1 is 1.02 bits per heavy atom. The molecule has 0 bridgehead atoms. The number of fused-ring (bicyclic) bond motifs is 3. The minimum atomic E-state index is -5.51. The molecule has 0 atom stereocenters. The molecule has 5 aromatic rings. The molecule has 2 N–H and O–H groups in total. The van der Waals surface area contributed by atoms with Crippen LogP contribution in [0.15, 0.2) is 70.5 Å². The predicted octanol–water partition coefficient (Wildman–Crippen LogP) is -4.65. The average Bonchev–Trinajstić information content (AvgIpc) is 2.92.